The Morgan fingerprint density at radius 2 is 2.10 bits per heavy atom. The first-order valence-corrected chi connectivity index (χ1v) is 6.79. The predicted octanol–water partition coefficient (Wildman–Crippen LogP) is 2.54. The summed E-state index contributed by atoms with van der Waals surface area (Å²) in [5, 5.41) is 14.0. The molecule has 0 radical (unpaired) electrons. The minimum atomic E-state index is -0.582. The lowest BCUT2D eigenvalue weighted by atomic mass is 9.96. The third kappa shape index (κ3) is 4.70. The van der Waals surface area contributed by atoms with E-state index in [0.29, 0.717) is 18.9 Å². The number of pyridine rings is 1. The van der Waals surface area contributed by atoms with Crippen LogP contribution in [0.25, 0.3) is 0 Å². The zero-order chi connectivity index (χ0) is 16.2. The van der Waals surface area contributed by atoms with E-state index in [1.54, 1.807) is 7.05 Å². The van der Waals surface area contributed by atoms with E-state index < -0.39 is 4.92 Å². The molecule has 0 atom stereocenters. The fourth-order valence-corrected chi connectivity index (χ4v) is 2.03. The van der Waals surface area contributed by atoms with Crippen molar-refractivity contribution < 1.29 is 9.72 Å². The normalized spacial score (nSPS) is 11.1. The second-order valence-electron chi connectivity index (χ2n) is 6.10. The zero-order valence-electron chi connectivity index (χ0n) is 13.1. The Morgan fingerprint density at radius 1 is 1.48 bits per heavy atom. The van der Waals surface area contributed by atoms with E-state index in [-0.39, 0.29) is 22.6 Å². The van der Waals surface area contributed by atoms with E-state index in [0.717, 1.165) is 6.20 Å². The standard InChI is InChI=1S/C14H22N4O3/c1-6-15-12-7-10(11(8-16-12)18(20)21)13(19)17(5)9-14(2,3)4/h7-8H,6,9H2,1-5H3,(H,15,16). The van der Waals surface area contributed by atoms with E-state index in [9.17, 15) is 14.9 Å². The molecule has 21 heavy (non-hydrogen) atoms. The SMILES string of the molecule is CCNc1cc(C(=O)N(C)CC(C)(C)C)c([N+](=O)[O-])cn1. The lowest BCUT2D eigenvalue weighted by Gasteiger charge is -2.26. The molecule has 0 unspecified atom stereocenters. The van der Waals surface area contributed by atoms with Crippen LogP contribution in [0.4, 0.5) is 11.5 Å². The van der Waals surface area contributed by atoms with Gasteiger partial charge >= 0.3 is 0 Å². The Balaban J connectivity index is 3.15. The maximum Gasteiger partial charge on any atom is 0.300 e. The Bertz CT molecular complexity index is 538. The summed E-state index contributed by atoms with van der Waals surface area (Å²) in [5.74, 6) is 0.0776. The van der Waals surface area contributed by atoms with E-state index in [4.69, 9.17) is 0 Å². The minimum Gasteiger partial charge on any atom is -0.370 e. The van der Waals surface area contributed by atoms with Crippen molar-refractivity contribution in [2.75, 3.05) is 25.5 Å². The van der Waals surface area contributed by atoms with Crippen LogP contribution in [0.3, 0.4) is 0 Å². The first kappa shape index (κ1) is 16.9. The van der Waals surface area contributed by atoms with E-state index in [1.165, 1.54) is 11.0 Å². The summed E-state index contributed by atoms with van der Waals surface area (Å²) in [6, 6.07) is 1.43. The minimum absolute atomic E-state index is 0.0534. The molecule has 0 saturated carbocycles. The highest BCUT2D eigenvalue weighted by molar-refractivity contribution is 5.98. The molecule has 0 bridgehead atoms. The third-order valence-corrected chi connectivity index (χ3v) is 2.73. The van der Waals surface area contributed by atoms with Gasteiger partial charge < -0.3 is 10.2 Å². The van der Waals surface area contributed by atoms with Gasteiger partial charge in [0.05, 0.1) is 4.92 Å². The molecular weight excluding hydrogens is 272 g/mol. The number of nitrogens with one attached hydrogen (secondary N) is 1. The summed E-state index contributed by atoms with van der Waals surface area (Å²) in [6.07, 6.45) is 1.12. The Morgan fingerprint density at radius 3 is 2.57 bits per heavy atom. The average molecular weight is 294 g/mol. The smallest absolute Gasteiger partial charge is 0.300 e. The van der Waals surface area contributed by atoms with Gasteiger partial charge in [-0.05, 0) is 12.3 Å². The van der Waals surface area contributed by atoms with Gasteiger partial charge in [-0.15, -0.1) is 0 Å². The summed E-state index contributed by atoms with van der Waals surface area (Å²) >= 11 is 0. The largest absolute Gasteiger partial charge is 0.370 e. The van der Waals surface area contributed by atoms with Gasteiger partial charge in [-0.2, -0.15) is 0 Å². The second kappa shape index (κ2) is 6.51. The van der Waals surface area contributed by atoms with Crippen LogP contribution in [0.2, 0.25) is 0 Å². The number of hydrogen-bond acceptors (Lipinski definition) is 5. The van der Waals surface area contributed by atoms with Crippen molar-refractivity contribution in [1.82, 2.24) is 9.88 Å². The molecule has 1 aromatic heterocycles. The van der Waals surface area contributed by atoms with Gasteiger partial charge in [0.1, 0.15) is 17.6 Å². The zero-order valence-corrected chi connectivity index (χ0v) is 13.1. The molecule has 0 saturated heterocycles. The number of nitro groups is 1. The van der Waals surface area contributed by atoms with E-state index in [1.807, 2.05) is 27.7 Å². The van der Waals surface area contributed by atoms with Crippen LogP contribution in [0.1, 0.15) is 38.1 Å². The van der Waals surface area contributed by atoms with Crippen LogP contribution < -0.4 is 5.32 Å². The average Bonchev–Trinajstić information content (AvgIpc) is 2.35. The van der Waals surface area contributed by atoms with Gasteiger partial charge in [0.15, 0.2) is 0 Å². The molecule has 1 N–H and O–H groups in total. The van der Waals surface area contributed by atoms with Gasteiger partial charge in [-0.25, -0.2) is 4.98 Å². The molecule has 0 aromatic carbocycles. The number of aromatic nitrogens is 1. The van der Waals surface area contributed by atoms with Crippen LogP contribution in [-0.4, -0.2) is 40.9 Å². The Hall–Kier alpha value is -2.18. The number of carbonyl (C=O) groups is 1. The molecule has 1 aromatic rings. The highest BCUT2D eigenvalue weighted by Crippen LogP contribution is 2.23. The number of amides is 1. The van der Waals surface area contributed by atoms with Crippen molar-refractivity contribution in [3.05, 3.63) is 27.9 Å². The van der Waals surface area contributed by atoms with Crippen molar-refractivity contribution in [2.24, 2.45) is 5.41 Å². The fourth-order valence-electron chi connectivity index (χ4n) is 2.03. The molecule has 7 nitrogen and oxygen atoms in total. The maximum atomic E-state index is 12.5. The molecule has 1 amide bonds. The molecule has 0 aliphatic carbocycles. The van der Waals surface area contributed by atoms with Crippen LogP contribution in [0.15, 0.2) is 12.3 Å². The summed E-state index contributed by atoms with van der Waals surface area (Å²) in [6.45, 7) is 9.01. The first-order valence-electron chi connectivity index (χ1n) is 6.79. The van der Waals surface area contributed by atoms with Crippen LogP contribution in [0, 0.1) is 15.5 Å². The van der Waals surface area contributed by atoms with Crippen molar-refractivity contribution in [3.63, 3.8) is 0 Å². The van der Waals surface area contributed by atoms with Gasteiger partial charge in [0, 0.05) is 26.2 Å². The summed E-state index contributed by atoms with van der Waals surface area (Å²) < 4.78 is 0. The molecule has 1 heterocycles. The topological polar surface area (TPSA) is 88.4 Å². The van der Waals surface area contributed by atoms with Crippen molar-refractivity contribution >= 4 is 17.4 Å². The highest BCUT2D eigenvalue weighted by atomic mass is 16.6. The van der Waals surface area contributed by atoms with E-state index >= 15 is 0 Å². The molecule has 1 rings (SSSR count). The monoisotopic (exact) mass is 294 g/mol. The van der Waals surface area contributed by atoms with Gasteiger partial charge in [0.2, 0.25) is 0 Å². The lowest BCUT2D eigenvalue weighted by molar-refractivity contribution is -0.385. The molecule has 116 valence electrons. The van der Waals surface area contributed by atoms with Crippen molar-refractivity contribution in [1.29, 1.82) is 0 Å². The third-order valence-electron chi connectivity index (χ3n) is 2.73. The lowest BCUT2D eigenvalue weighted by Crippen LogP contribution is -2.34. The first-order chi connectivity index (χ1) is 9.65. The van der Waals surface area contributed by atoms with Crippen molar-refractivity contribution in [3.8, 4) is 0 Å². The molecule has 0 fully saturated rings. The number of nitrogens with zero attached hydrogens (tertiary/aromatic N) is 3. The molecule has 7 heteroatoms. The molecule has 0 spiro atoms. The van der Waals surface area contributed by atoms with Crippen LogP contribution in [0.5, 0.6) is 0 Å². The predicted molar refractivity (Wildman–Crippen MR) is 81.5 cm³/mol. The van der Waals surface area contributed by atoms with Crippen LogP contribution in [-0.2, 0) is 0 Å². The summed E-state index contributed by atoms with van der Waals surface area (Å²) in [4.78, 5) is 28.4. The van der Waals surface area contributed by atoms with Gasteiger partial charge in [-0.1, -0.05) is 20.8 Å². The number of rotatable bonds is 5. The second-order valence-corrected chi connectivity index (χ2v) is 6.10. The van der Waals surface area contributed by atoms with E-state index in [2.05, 4.69) is 10.3 Å². The molecule has 0 aliphatic heterocycles. The number of hydrogen-bond donors (Lipinski definition) is 1. The fraction of sp³-hybridized carbons (Fsp3) is 0.571. The number of carbonyl (C=O) groups excluding carboxylic acids is 1. The number of anilines is 1. The Kier molecular flexibility index (Phi) is 5.23. The van der Waals surface area contributed by atoms with Gasteiger partial charge in [0.25, 0.3) is 11.6 Å². The van der Waals surface area contributed by atoms with Crippen LogP contribution >= 0.6 is 0 Å². The highest BCUT2D eigenvalue weighted by Gasteiger charge is 2.26. The van der Waals surface area contributed by atoms with Gasteiger partial charge in [-0.3, -0.25) is 14.9 Å². The quantitative estimate of drug-likeness (QED) is 0.666. The summed E-state index contributed by atoms with van der Waals surface area (Å²) in [7, 11) is 1.64. The summed E-state index contributed by atoms with van der Waals surface area (Å²) in [5.41, 5.74) is -0.309. The Labute approximate surface area is 124 Å². The molecule has 0 aliphatic rings. The maximum absolute atomic E-state index is 12.5. The molecular formula is C14H22N4O3. The van der Waals surface area contributed by atoms with Crippen molar-refractivity contribution in [2.45, 2.75) is 27.7 Å².